The van der Waals surface area contributed by atoms with Crippen molar-refractivity contribution in [2.24, 2.45) is 0 Å². The van der Waals surface area contributed by atoms with E-state index in [4.69, 9.17) is 4.74 Å². The molecule has 0 saturated heterocycles. The lowest BCUT2D eigenvalue weighted by Crippen LogP contribution is -2.46. The van der Waals surface area contributed by atoms with E-state index in [0.29, 0.717) is 12.3 Å². The van der Waals surface area contributed by atoms with Gasteiger partial charge in [0.05, 0.1) is 6.54 Å². The van der Waals surface area contributed by atoms with E-state index in [1.807, 2.05) is 75.4 Å². The lowest BCUT2D eigenvalue weighted by molar-refractivity contribution is -0.141. The van der Waals surface area contributed by atoms with E-state index in [1.165, 1.54) is 4.90 Å². The first-order valence-electron chi connectivity index (χ1n) is 9.31. The van der Waals surface area contributed by atoms with Gasteiger partial charge in [0.15, 0.2) is 6.10 Å². The van der Waals surface area contributed by atoms with Crippen molar-refractivity contribution in [2.75, 3.05) is 13.1 Å². The number of rotatable bonds is 8. The molecule has 0 radical (unpaired) electrons. The smallest absolute Gasteiger partial charge is 0.263 e. The Balaban J connectivity index is 1.97. The molecule has 1 N–H and O–H groups in total. The van der Waals surface area contributed by atoms with Crippen molar-refractivity contribution < 1.29 is 14.3 Å². The maximum absolute atomic E-state index is 12.6. The summed E-state index contributed by atoms with van der Waals surface area (Å²) in [7, 11) is 0. The van der Waals surface area contributed by atoms with Crippen molar-refractivity contribution in [3.8, 4) is 16.9 Å². The number of hydrogen-bond donors (Lipinski definition) is 1. The lowest BCUT2D eigenvalue weighted by Gasteiger charge is -2.25. The molecule has 0 saturated carbocycles. The second kappa shape index (κ2) is 9.76. The van der Waals surface area contributed by atoms with E-state index < -0.39 is 6.10 Å². The minimum Gasteiger partial charge on any atom is -0.481 e. The third kappa shape index (κ3) is 6.13. The normalized spacial score (nSPS) is 11.7. The Bertz CT molecular complexity index is 742. The summed E-state index contributed by atoms with van der Waals surface area (Å²) in [6, 6.07) is 17.8. The fraction of sp³-hybridized carbons (Fsp3) is 0.364. The quantitative estimate of drug-likeness (QED) is 0.776. The second-order valence-corrected chi connectivity index (χ2v) is 6.73. The molecule has 0 aromatic heterocycles. The highest BCUT2D eigenvalue weighted by Crippen LogP contribution is 2.22. The molecule has 2 rings (SSSR count). The molecule has 5 heteroatoms. The average molecular weight is 368 g/mol. The van der Waals surface area contributed by atoms with Crippen LogP contribution in [0.4, 0.5) is 0 Å². The summed E-state index contributed by atoms with van der Waals surface area (Å²) in [5.74, 6) is 0.251. The maximum Gasteiger partial charge on any atom is 0.263 e. The van der Waals surface area contributed by atoms with E-state index in [-0.39, 0.29) is 24.4 Å². The molecule has 1 atom stereocenters. The van der Waals surface area contributed by atoms with E-state index in [9.17, 15) is 9.59 Å². The summed E-state index contributed by atoms with van der Waals surface area (Å²) in [4.78, 5) is 26.0. The first-order chi connectivity index (χ1) is 12.9. The van der Waals surface area contributed by atoms with Gasteiger partial charge in [0.1, 0.15) is 5.75 Å². The summed E-state index contributed by atoms with van der Waals surface area (Å²) in [6.45, 7) is 7.82. The SMILES string of the molecule is CCN(CC(=O)NC(C)C)C(=O)C(C)Oc1ccc(-c2ccccc2)cc1. The van der Waals surface area contributed by atoms with Crippen LogP contribution in [0.2, 0.25) is 0 Å². The minimum atomic E-state index is -0.667. The van der Waals surface area contributed by atoms with E-state index >= 15 is 0 Å². The molecule has 144 valence electrons. The lowest BCUT2D eigenvalue weighted by atomic mass is 10.1. The van der Waals surface area contributed by atoms with Gasteiger partial charge in [-0.25, -0.2) is 0 Å². The van der Waals surface area contributed by atoms with Crippen LogP contribution in [-0.2, 0) is 9.59 Å². The molecule has 27 heavy (non-hydrogen) atoms. The Kier molecular flexibility index (Phi) is 7.41. The summed E-state index contributed by atoms with van der Waals surface area (Å²) in [5.41, 5.74) is 2.21. The number of likely N-dealkylation sites (N-methyl/N-ethyl adjacent to an activating group) is 1. The molecular weight excluding hydrogens is 340 g/mol. The van der Waals surface area contributed by atoms with Gasteiger partial charge in [-0.15, -0.1) is 0 Å². The maximum atomic E-state index is 12.6. The zero-order chi connectivity index (χ0) is 19.8. The molecule has 0 heterocycles. The Morgan fingerprint density at radius 3 is 2.11 bits per heavy atom. The number of hydrogen-bond acceptors (Lipinski definition) is 3. The van der Waals surface area contributed by atoms with Crippen LogP contribution in [0.5, 0.6) is 5.75 Å². The molecule has 2 aromatic carbocycles. The fourth-order valence-corrected chi connectivity index (χ4v) is 2.75. The van der Waals surface area contributed by atoms with Crippen molar-refractivity contribution in [1.29, 1.82) is 0 Å². The number of nitrogens with one attached hydrogen (secondary N) is 1. The van der Waals surface area contributed by atoms with Crippen LogP contribution in [0, 0.1) is 0 Å². The van der Waals surface area contributed by atoms with Crippen LogP contribution >= 0.6 is 0 Å². The van der Waals surface area contributed by atoms with Gasteiger partial charge in [0, 0.05) is 12.6 Å². The average Bonchev–Trinajstić information content (AvgIpc) is 2.66. The number of ether oxygens (including phenoxy) is 1. The van der Waals surface area contributed by atoms with Gasteiger partial charge in [0.2, 0.25) is 5.91 Å². The van der Waals surface area contributed by atoms with E-state index in [2.05, 4.69) is 5.32 Å². The molecule has 0 aliphatic carbocycles. The molecule has 0 aliphatic heterocycles. The first kappa shape index (κ1) is 20.5. The van der Waals surface area contributed by atoms with Crippen LogP contribution in [0.1, 0.15) is 27.7 Å². The van der Waals surface area contributed by atoms with Crippen LogP contribution in [0.3, 0.4) is 0 Å². The Labute approximate surface area is 161 Å². The Morgan fingerprint density at radius 2 is 1.56 bits per heavy atom. The van der Waals surface area contributed by atoms with Gasteiger partial charge in [0.25, 0.3) is 5.91 Å². The highest BCUT2D eigenvalue weighted by atomic mass is 16.5. The summed E-state index contributed by atoms with van der Waals surface area (Å²) < 4.78 is 5.79. The summed E-state index contributed by atoms with van der Waals surface area (Å²) in [6.07, 6.45) is -0.667. The standard InChI is InChI=1S/C22H28N2O3/c1-5-24(15-21(25)23-16(2)3)22(26)17(4)27-20-13-11-19(12-14-20)18-9-7-6-8-10-18/h6-14,16-17H,5,15H2,1-4H3,(H,23,25). The topological polar surface area (TPSA) is 58.6 Å². The molecule has 0 fully saturated rings. The Hall–Kier alpha value is -2.82. The molecular formula is C22H28N2O3. The van der Waals surface area contributed by atoms with Gasteiger partial charge >= 0.3 is 0 Å². The van der Waals surface area contributed by atoms with Gasteiger partial charge < -0.3 is 15.0 Å². The Morgan fingerprint density at radius 1 is 0.963 bits per heavy atom. The zero-order valence-electron chi connectivity index (χ0n) is 16.4. The highest BCUT2D eigenvalue weighted by Gasteiger charge is 2.23. The summed E-state index contributed by atoms with van der Waals surface area (Å²) >= 11 is 0. The van der Waals surface area contributed by atoms with Crippen LogP contribution in [0.15, 0.2) is 54.6 Å². The fourth-order valence-electron chi connectivity index (χ4n) is 2.75. The minimum absolute atomic E-state index is 0.0359. The van der Waals surface area contributed by atoms with E-state index in [0.717, 1.165) is 11.1 Å². The molecule has 0 bridgehead atoms. The van der Waals surface area contributed by atoms with Gasteiger partial charge in [-0.2, -0.15) is 0 Å². The third-order valence-electron chi connectivity index (χ3n) is 4.10. The van der Waals surface area contributed by atoms with Crippen molar-refractivity contribution in [3.05, 3.63) is 54.6 Å². The summed E-state index contributed by atoms with van der Waals surface area (Å²) in [5, 5.41) is 2.80. The van der Waals surface area contributed by atoms with Gasteiger partial charge in [-0.05, 0) is 51.0 Å². The van der Waals surface area contributed by atoms with Gasteiger partial charge in [-0.3, -0.25) is 9.59 Å². The first-order valence-corrected chi connectivity index (χ1v) is 9.31. The molecule has 5 nitrogen and oxygen atoms in total. The highest BCUT2D eigenvalue weighted by molar-refractivity contribution is 5.87. The molecule has 0 spiro atoms. The predicted molar refractivity (Wildman–Crippen MR) is 108 cm³/mol. The van der Waals surface area contributed by atoms with Crippen molar-refractivity contribution in [2.45, 2.75) is 39.8 Å². The zero-order valence-corrected chi connectivity index (χ0v) is 16.4. The monoisotopic (exact) mass is 368 g/mol. The van der Waals surface area contributed by atoms with E-state index in [1.54, 1.807) is 6.92 Å². The second-order valence-electron chi connectivity index (χ2n) is 6.73. The predicted octanol–water partition coefficient (Wildman–Crippen LogP) is 3.49. The largest absolute Gasteiger partial charge is 0.481 e. The van der Waals surface area contributed by atoms with Crippen molar-refractivity contribution in [3.63, 3.8) is 0 Å². The van der Waals surface area contributed by atoms with Crippen molar-refractivity contribution >= 4 is 11.8 Å². The van der Waals surface area contributed by atoms with Crippen LogP contribution in [-0.4, -0.2) is 41.9 Å². The number of nitrogens with zero attached hydrogens (tertiary/aromatic N) is 1. The number of carbonyl (C=O) groups is 2. The van der Waals surface area contributed by atoms with Crippen LogP contribution in [0.25, 0.3) is 11.1 Å². The molecule has 2 aromatic rings. The van der Waals surface area contributed by atoms with Gasteiger partial charge in [-0.1, -0.05) is 42.5 Å². The number of amides is 2. The molecule has 2 amide bonds. The van der Waals surface area contributed by atoms with Crippen LogP contribution < -0.4 is 10.1 Å². The number of carbonyl (C=O) groups excluding carboxylic acids is 2. The third-order valence-corrected chi connectivity index (χ3v) is 4.10. The van der Waals surface area contributed by atoms with Crippen molar-refractivity contribution in [1.82, 2.24) is 10.2 Å². The number of benzene rings is 2. The molecule has 0 aliphatic rings. The molecule has 1 unspecified atom stereocenters.